The highest BCUT2D eigenvalue weighted by molar-refractivity contribution is 8.00. The van der Waals surface area contributed by atoms with E-state index in [-0.39, 0.29) is 0 Å². The van der Waals surface area contributed by atoms with Crippen molar-refractivity contribution in [1.29, 1.82) is 0 Å². The van der Waals surface area contributed by atoms with Gasteiger partial charge < -0.3 is 5.32 Å². The van der Waals surface area contributed by atoms with Crippen LogP contribution in [0.4, 0.5) is 0 Å². The van der Waals surface area contributed by atoms with Crippen molar-refractivity contribution < 1.29 is 4.21 Å². The third kappa shape index (κ3) is 4.14. The molecule has 1 aliphatic heterocycles. The quantitative estimate of drug-likeness (QED) is 0.696. The van der Waals surface area contributed by atoms with Gasteiger partial charge in [0, 0.05) is 17.5 Å². The Labute approximate surface area is 82.1 Å². The van der Waals surface area contributed by atoms with Gasteiger partial charge in [0.15, 0.2) is 0 Å². The second-order valence-corrected chi connectivity index (χ2v) is 7.20. The lowest BCUT2D eigenvalue weighted by atomic mass is 10.1. The van der Waals surface area contributed by atoms with Crippen LogP contribution in [-0.4, -0.2) is 34.2 Å². The highest BCUT2D eigenvalue weighted by Crippen LogP contribution is 2.12. The van der Waals surface area contributed by atoms with Gasteiger partial charge in [-0.3, -0.25) is 4.21 Å². The maximum absolute atomic E-state index is 11.6. The van der Waals surface area contributed by atoms with Crippen LogP contribution in [0, 0.1) is 5.92 Å². The van der Waals surface area contributed by atoms with Crippen LogP contribution < -0.4 is 5.32 Å². The molecule has 0 aromatic heterocycles. The minimum absolute atomic E-state index is 0.582. The second-order valence-electron chi connectivity index (χ2n) is 4.45. The van der Waals surface area contributed by atoms with Crippen molar-refractivity contribution in [3.63, 3.8) is 0 Å². The zero-order valence-corrected chi connectivity index (χ0v) is 9.53. The van der Waals surface area contributed by atoms with Gasteiger partial charge in [-0.15, -0.1) is 0 Å². The van der Waals surface area contributed by atoms with Gasteiger partial charge in [-0.2, -0.15) is 0 Å². The summed E-state index contributed by atoms with van der Waals surface area (Å²) in [5.74, 6) is 6.08. The zero-order chi connectivity index (χ0) is 9.90. The molecule has 0 spiro atoms. The van der Waals surface area contributed by atoms with Crippen molar-refractivity contribution in [3.05, 3.63) is 0 Å². The minimum Gasteiger partial charge on any atom is -0.314 e. The van der Waals surface area contributed by atoms with Crippen LogP contribution in [-0.2, 0) is 9.52 Å². The first-order valence-corrected chi connectivity index (χ1v) is 7.12. The molecule has 13 heavy (non-hydrogen) atoms. The molecule has 2 nitrogen and oxygen atoms in total. The van der Waals surface area contributed by atoms with Crippen molar-refractivity contribution in [2.75, 3.05) is 18.1 Å². The molecule has 0 aromatic rings. The Morgan fingerprint density at radius 3 is 2.46 bits per heavy atom. The normalized spacial score (nSPS) is 35.2. The Morgan fingerprint density at radius 1 is 1.46 bits per heavy atom. The molecule has 1 fully saturated rings. The molecule has 0 atom stereocenters. The Hall–Kier alpha value is -0.0200. The number of rotatable bonds is 3. The molecule has 0 radical (unpaired) electrons. The summed E-state index contributed by atoms with van der Waals surface area (Å²) in [4.78, 5) is 0. The lowest BCUT2D eigenvalue weighted by Crippen LogP contribution is -2.39. The maximum atomic E-state index is 11.6. The second kappa shape index (κ2) is 4.47. The van der Waals surface area contributed by atoms with E-state index in [9.17, 15) is 4.21 Å². The first-order valence-electron chi connectivity index (χ1n) is 5.05. The highest BCUT2D eigenvalue weighted by atomic mass is 32.2. The lowest BCUT2D eigenvalue weighted by molar-refractivity contribution is 0.437. The van der Waals surface area contributed by atoms with Crippen molar-refractivity contribution in [2.24, 2.45) is 5.92 Å². The average Bonchev–Trinajstić information content (AvgIpc) is 2.02. The fraction of sp³-hybridized carbons (Fsp3) is 0.900. The van der Waals surface area contributed by atoms with E-state index in [0.717, 1.165) is 30.9 Å². The van der Waals surface area contributed by atoms with Gasteiger partial charge in [-0.25, -0.2) is 0 Å². The minimum atomic E-state index is -1.69. The zero-order valence-electron chi connectivity index (χ0n) is 8.71. The van der Waals surface area contributed by atoms with E-state index in [1.54, 1.807) is 0 Å². The largest absolute Gasteiger partial charge is 0.314 e. The van der Waals surface area contributed by atoms with Crippen LogP contribution in [0.15, 0.2) is 0 Å². The molecule has 1 N–H and O–H groups in total. The summed E-state index contributed by atoms with van der Waals surface area (Å²) in [6.45, 7) is 5.49. The van der Waals surface area contributed by atoms with Gasteiger partial charge in [0.05, 0.1) is 0 Å². The highest BCUT2D eigenvalue weighted by Gasteiger charge is 2.19. The molecule has 78 valence electrons. The van der Waals surface area contributed by atoms with Crippen molar-refractivity contribution in [2.45, 2.75) is 32.7 Å². The molecule has 1 aliphatic rings. The first kappa shape index (κ1) is 11.1. The molecule has 1 saturated heterocycles. The van der Waals surface area contributed by atoms with E-state index in [4.69, 9.17) is 0 Å². The van der Waals surface area contributed by atoms with Crippen LogP contribution in [0.1, 0.15) is 26.7 Å². The van der Waals surface area contributed by atoms with Gasteiger partial charge in [0.25, 0.3) is 0 Å². The Morgan fingerprint density at radius 2 is 2.00 bits per heavy atom. The summed E-state index contributed by atoms with van der Waals surface area (Å²) in [7, 11) is -1.69. The average molecular weight is 203 g/mol. The fourth-order valence-corrected chi connectivity index (χ4v) is 3.20. The smallest absolute Gasteiger partial charge is 0.0173 e. The van der Waals surface area contributed by atoms with Crippen LogP contribution >= 0.6 is 0 Å². The predicted octanol–water partition coefficient (Wildman–Crippen LogP) is 1.11. The third-order valence-electron chi connectivity index (χ3n) is 2.49. The molecule has 0 saturated carbocycles. The van der Waals surface area contributed by atoms with Crippen molar-refractivity contribution in [1.82, 2.24) is 5.32 Å². The SMILES string of the molecule is C=S1(=O)CCC(NCC(C)C)CC1. The predicted molar refractivity (Wildman–Crippen MR) is 60.9 cm³/mol. The van der Waals surface area contributed by atoms with Crippen LogP contribution in [0.25, 0.3) is 0 Å². The fourth-order valence-electron chi connectivity index (χ4n) is 1.57. The molecule has 1 heterocycles. The molecule has 0 unspecified atom stereocenters. The van der Waals surface area contributed by atoms with Crippen molar-refractivity contribution >= 4 is 15.4 Å². The summed E-state index contributed by atoms with van der Waals surface area (Å²) >= 11 is 0. The summed E-state index contributed by atoms with van der Waals surface area (Å²) < 4.78 is 11.6. The van der Waals surface area contributed by atoms with Crippen molar-refractivity contribution in [3.8, 4) is 0 Å². The topological polar surface area (TPSA) is 29.1 Å². The van der Waals surface area contributed by atoms with Crippen LogP contribution in [0.2, 0.25) is 0 Å². The molecule has 0 aliphatic carbocycles. The summed E-state index contributed by atoms with van der Waals surface area (Å²) in [5.41, 5.74) is 0. The van der Waals surface area contributed by atoms with Gasteiger partial charge in [-0.1, -0.05) is 13.8 Å². The monoisotopic (exact) mass is 203 g/mol. The van der Waals surface area contributed by atoms with E-state index in [2.05, 4.69) is 25.0 Å². The van der Waals surface area contributed by atoms with Gasteiger partial charge >= 0.3 is 0 Å². The number of nitrogens with one attached hydrogen (secondary N) is 1. The van der Waals surface area contributed by atoms with Crippen LogP contribution in [0.5, 0.6) is 0 Å². The molecule has 1 rings (SSSR count). The van der Waals surface area contributed by atoms with Gasteiger partial charge in [0.1, 0.15) is 0 Å². The Balaban J connectivity index is 2.26. The standard InChI is InChI=1S/C10H21NOS/c1-9(2)8-11-10-4-6-13(3,12)7-5-10/h9-11H,3-8H2,1-2H3. The molecule has 0 amide bonds. The van der Waals surface area contributed by atoms with E-state index < -0.39 is 9.52 Å². The molecule has 0 bridgehead atoms. The first-order chi connectivity index (χ1) is 5.99. The third-order valence-corrected chi connectivity index (χ3v) is 4.45. The molecule has 0 aromatic carbocycles. The summed E-state index contributed by atoms with van der Waals surface area (Å²) in [6.07, 6.45) is 2.07. The van der Waals surface area contributed by atoms with Gasteiger partial charge in [0.2, 0.25) is 0 Å². The summed E-state index contributed by atoms with van der Waals surface area (Å²) in [5, 5.41) is 3.51. The number of hydrogen-bond donors (Lipinski definition) is 1. The van der Waals surface area contributed by atoms with E-state index in [1.165, 1.54) is 0 Å². The van der Waals surface area contributed by atoms with Gasteiger partial charge in [-0.05, 0) is 40.7 Å². The molecule has 3 heteroatoms. The number of hydrogen-bond acceptors (Lipinski definition) is 2. The van der Waals surface area contributed by atoms with E-state index in [1.807, 2.05) is 0 Å². The van der Waals surface area contributed by atoms with E-state index >= 15 is 0 Å². The lowest BCUT2D eigenvalue weighted by Gasteiger charge is -2.26. The Kier molecular flexibility index (Phi) is 3.80. The summed E-state index contributed by atoms with van der Waals surface area (Å²) in [6, 6.07) is 0.582. The molecular formula is C10H21NOS. The maximum Gasteiger partial charge on any atom is 0.0173 e. The molecular weight excluding hydrogens is 182 g/mol. The Bertz CT molecular complexity index is 230. The van der Waals surface area contributed by atoms with E-state index in [0.29, 0.717) is 12.0 Å². The van der Waals surface area contributed by atoms with Crippen LogP contribution in [0.3, 0.4) is 0 Å².